The lowest BCUT2D eigenvalue weighted by Gasteiger charge is -2.13. The maximum absolute atomic E-state index is 12.2. The second kappa shape index (κ2) is 7.61. The van der Waals surface area contributed by atoms with Gasteiger partial charge in [-0.15, -0.1) is 11.3 Å². The lowest BCUT2D eigenvalue weighted by atomic mass is 10.1. The number of para-hydroxylation sites is 1. The van der Waals surface area contributed by atoms with E-state index < -0.39 is 18.0 Å². The molecule has 0 aliphatic carbocycles. The number of nitrogens with one attached hydrogen (secondary N) is 2. The Labute approximate surface area is 155 Å². The summed E-state index contributed by atoms with van der Waals surface area (Å²) in [5, 5.41) is 8.56. The topological polar surface area (TPSA) is 72.4 Å². The quantitative estimate of drug-likeness (QED) is 0.676. The number of carbonyl (C=O) groups excluding carboxylic acids is 2. The van der Waals surface area contributed by atoms with Gasteiger partial charge < -0.3 is 19.9 Å². The summed E-state index contributed by atoms with van der Waals surface area (Å²) in [4.78, 5) is 24.7. The van der Waals surface area contributed by atoms with Crippen LogP contribution in [0, 0.1) is 0 Å². The summed E-state index contributed by atoms with van der Waals surface area (Å²) in [6.07, 6.45) is 0. The van der Waals surface area contributed by atoms with Crippen LogP contribution in [0.2, 0.25) is 0 Å². The Hall–Kier alpha value is -2.80. The SMILES string of the molecule is COC(=O)[C@H](C)NC(=O)NCc1c(-c2cccs2)n(C)c2ccccc12. The van der Waals surface area contributed by atoms with Crippen molar-refractivity contribution < 1.29 is 14.3 Å². The molecular formula is C19H21N3O3S. The molecule has 0 aliphatic rings. The van der Waals surface area contributed by atoms with Gasteiger partial charge in [0.2, 0.25) is 0 Å². The second-order valence-electron chi connectivity index (χ2n) is 5.95. The third-order valence-corrected chi connectivity index (χ3v) is 5.17. The molecule has 2 amide bonds. The fourth-order valence-corrected chi connectivity index (χ4v) is 3.86. The molecule has 7 heteroatoms. The fraction of sp³-hybridized carbons (Fsp3) is 0.263. The molecule has 2 N–H and O–H groups in total. The van der Waals surface area contributed by atoms with Crippen molar-refractivity contribution in [3.05, 3.63) is 47.3 Å². The summed E-state index contributed by atoms with van der Waals surface area (Å²) < 4.78 is 6.77. The lowest BCUT2D eigenvalue weighted by Crippen LogP contribution is -2.44. The van der Waals surface area contributed by atoms with Crippen LogP contribution in [0.25, 0.3) is 21.5 Å². The minimum atomic E-state index is -0.704. The minimum Gasteiger partial charge on any atom is -0.467 e. The van der Waals surface area contributed by atoms with Crippen molar-refractivity contribution in [2.45, 2.75) is 19.5 Å². The number of aromatic nitrogens is 1. The molecule has 3 rings (SSSR count). The van der Waals surface area contributed by atoms with Crippen LogP contribution in [-0.4, -0.2) is 29.7 Å². The number of amides is 2. The predicted molar refractivity (Wildman–Crippen MR) is 103 cm³/mol. The van der Waals surface area contributed by atoms with E-state index in [2.05, 4.69) is 38.1 Å². The van der Waals surface area contributed by atoms with Gasteiger partial charge in [-0.2, -0.15) is 0 Å². The number of ether oxygens (including phenoxy) is 1. The van der Waals surface area contributed by atoms with E-state index in [-0.39, 0.29) is 0 Å². The highest BCUT2D eigenvalue weighted by Crippen LogP contribution is 2.35. The standard InChI is InChI=1S/C19H21N3O3S/c1-12(18(23)25-3)21-19(24)20-11-14-13-7-4-5-8-15(13)22(2)17(14)16-9-6-10-26-16/h4-10,12H,11H2,1-3H3,(H2,20,21,24)/t12-/m0/s1. The number of hydrogen-bond acceptors (Lipinski definition) is 4. The maximum atomic E-state index is 12.2. The highest BCUT2D eigenvalue weighted by molar-refractivity contribution is 7.13. The van der Waals surface area contributed by atoms with Crippen LogP contribution in [0.3, 0.4) is 0 Å². The Morgan fingerprint density at radius 1 is 1.23 bits per heavy atom. The van der Waals surface area contributed by atoms with Crippen LogP contribution in [0.4, 0.5) is 4.79 Å². The molecule has 1 atom stereocenters. The number of benzene rings is 1. The minimum absolute atomic E-state index is 0.355. The Morgan fingerprint density at radius 2 is 2.00 bits per heavy atom. The van der Waals surface area contributed by atoms with Crippen LogP contribution < -0.4 is 10.6 Å². The van der Waals surface area contributed by atoms with Crippen LogP contribution in [0.1, 0.15) is 12.5 Å². The molecule has 6 nitrogen and oxygen atoms in total. The number of methoxy groups -OCH3 is 1. The first kappa shape index (κ1) is 18.0. The van der Waals surface area contributed by atoms with Gasteiger partial charge in [0.15, 0.2) is 0 Å². The lowest BCUT2D eigenvalue weighted by molar-refractivity contribution is -0.142. The molecule has 136 valence electrons. The van der Waals surface area contributed by atoms with Crippen LogP contribution in [-0.2, 0) is 23.1 Å². The Kier molecular flexibility index (Phi) is 5.27. The smallest absolute Gasteiger partial charge is 0.328 e. The van der Waals surface area contributed by atoms with Gasteiger partial charge in [-0.3, -0.25) is 0 Å². The van der Waals surface area contributed by atoms with Crippen molar-refractivity contribution in [1.29, 1.82) is 0 Å². The molecule has 0 radical (unpaired) electrons. The van der Waals surface area contributed by atoms with E-state index in [0.717, 1.165) is 27.0 Å². The summed E-state index contributed by atoms with van der Waals surface area (Å²) in [6.45, 7) is 1.94. The molecule has 0 unspecified atom stereocenters. The van der Waals surface area contributed by atoms with E-state index in [1.54, 1.807) is 18.3 Å². The summed E-state index contributed by atoms with van der Waals surface area (Å²) in [5.74, 6) is -0.482. The summed E-state index contributed by atoms with van der Waals surface area (Å²) in [5.41, 5.74) is 3.24. The zero-order chi connectivity index (χ0) is 18.7. The van der Waals surface area contributed by atoms with E-state index in [4.69, 9.17) is 0 Å². The molecule has 26 heavy (non-hydrogen) atoms. The van der Waals surface area contributed by atoms with Crippen molar-refractivity contribution in [2.75, 3.05) is 7.11 Å². The van der Waals surface area contributed by atoms with Crippen molar-refractivity contribution in [1.82, 2.24) is 15.2 Å². The largest absolute Gasteiger partial charge is 0.467 e. The number of rotatable bonds is 5. The Balaban J connectivity index is 1.87. The molecule has 0 bridgehead atoms. The zero-order valence-corrected chi connectivity index (χ0v) is 15.7. The summed E-state index contributed by atoms with van der Waals surface area (Å²) in [7, 11) is 3.32. The molecule has 2 heterocycles. The van der Waals surface area contributed by atoms with Crippen molar-refractivity contribution >= 4 is 34.2 Å². The van der Waals surface area contributed by atoms with E-state index >= 15 is 0 Å². The number of thiophene rings is 1. The summed E-state index contributed by atoms with van der Waals surface area (Å²) >= 11 is 1.66. The van der Waals surface area contributed by atoms with Crippen LogP contribution in [0.15, 0.2) is 41.8 Å². The average molecular weight is 371 g/mol. The highest BCUT2D eigenvalue weighted by atomic mass is 32.1. The molecule has 0 saturated carbocycles. The number of urea groups is 1. The number of fused-ring (bicyclic) bond motifs is 1. The first-order chi connectivity index (χ1) is 12.5. The fourth-order valence-electron chi connectivity index (χ4n) is 3.03. The molecule has 1 aromatic carbocycles. The van der Waals surface area contributed by atoms with Gasteiger partial charge in [-0.1, -0.05) is 24.3 Å². The third-order valence-electron chi connectivity index (χ3n) is 4.29. The van der Waals surface area contributed by atoms with Gasteiger partial charge in [0, 0.05) is 30.1 Å². The number of aryl methyl sites for hydroxylation is 1. The maximum Gasteiger partial charge on any atom is 0.328 e. The van der Waals surface area contributed by atoms with Gasteiger partial charge >= 0.3 is 12.0 Å². The van der Waals surface area contributed by atoms with Crippen molar-refractivity contribution in [3.63, 3.8) is 0 Å². The van der Waals surface area contributed by atoms with Crippen molar-refractivity contribution in [3.8, 4) is 10.6 Å². The third kappa shape index (κ3) is 3.43. The van der Waals surface area contributed by atoms with Gasteiger partial charge in [-0.05, 0) is 24.4 Å². The monoisotopic (exact) mass is 371 g/mol. The molecule has 0 saturated heterocycles. The zero-order valence-electron chi connectivity index (χ0n) is 14.9. The van der Waals surface area contributed by atoms with Crippen molar-refractivity contribution in [2.24, 2.45) is 7.05 Å². The predicted octanol–water partition coefficient (Wildman–Crippen LogP) is 3.27. The summed E-state index contributed by atoms with van der Waals surface area (Å²) in [6, 6.07) is 11.1. The number of carbonyl (C=O) groups is 2. The van der Waals surface area contributed by atoms with Gasteiger partial charge in [0.1, 0.15) is 6.04 Å². The molecular weight excluding hydrogens is 350 g/mol. The highest BCUT2D eigenvalue weighted by Gasteiger charge is 2.19. The molecule has 3 aromatic rings. The molecule has 0 aliphatic heterocycles. The number of hydrogen-bond donors (Lipinski definition) is 2. The molecule has 0 fully saturated rings. The second-order valence-corrected chi connectivity index (χ2v) is 6.90. The van der Waals surface area contributed by atoms with E-state index in [9.17, 15) is 9.59 Å². The number of nitrogens with zero attached hydrogens (tertiary/aromatic N) is 1. The average Bonchev–Trinajstić information content (AvgIpc) is 3.26. The van der Waals surface area contributed by atoms with Crippen LogP contribution in [0.5, 0.6) is 0 Å². The Bertz CT molecular complexity index is 931. The van der Waals surface area contributed by atoms with E-state index in [1.807, 2.05) is 30.6 Å². The number of esters is 1. The van der Waals surface area contributed by atoms with E-state index in [1.165, 1.54) is 7.11 Å². The van der Waals surface area contributed by atoms with Gasteiger partial charge in [0.25, 0.3) is 0 Å². The van der Waals surface area contributed by atoms with E-state index in [0.29, 0.717) is 6.54 Å². The first-order valence-corrected chi connectivity index (χ1v) is 9.13. The first-order valence-electron chi connectivity index (χ1n) is 8.25. The normalized spacial score (nSPS) is 12.0. The molecule has 0 spiro atoms. The van der Waals surface area contributed by atoms with Crippen LogP contribution >= 0.6 is 11.3 Å². The molecule has 2 aromatic heterocycles. The van der Waals surface area contributed by atoms with Gasteiger partial charge in [-0.25, -0.2) is 9.59 Å². The Morgan fingerprint density at radius 3 is 2.69 bits per heavy atom. The van der Waals surface area contributed by atoms with Gasteiger partial charge in [0.05, 0.1) is 17.7 Å².